The maximum atomic E-state index is 9.91. The highest BCUT2D eigenvalue weighted by atomic mass is 32.1. The second-order valence-corrected chi connectivity index (χ2v) is 5.48. The zero-order valence-corrected chi connectivity index (χ0v) is 11.9. The van der Waals surface area contributed by atoms with Gasteiger partial charge in [0.2, 0.25) is 0 Å². The molecule has 0 saturated carbocycles. The number of hydrogen-bond donors (Lipinski definition) is 3. The summed E-state index contributed by atoms with van der Waals surface area (Å²) >= 11 is 3.54. The molecule has 4 heteroatoms. The Morgan fingerprint density at radius 3 is 1.88 bits per heavy atom. The Bertz CT molecular complexity index is 191. The van der Waals surface area contributed by atoms with E-state index in [0.717, 1.165) is 6.42 Å². The quantitative estimate of drug-likeness (QED) is 0.656. The molecule has 2 N–H and O–H groups in total. The Kier molecular flexibility index (Phi) is 10.3. The molecular weight excluding hydrogens is 224 g/mol. The van der Waals surface area contributed by atoms with E-state index in [-0.39, 0.29) is 23.1 Å². The molecule has 0 fully saturated rings. The lowest BCUT2D eigenvalue weighted by Gasteiger charge is -2.30. The summed E-state index contributed by atoms with van der Waals surface area (Å²) < 4.78 is 0. The van der Waals surface area contributed by atoms with Crippen LogP contribution in [-0.2, 0) is 4.79 Å². The molecule has 1 unspecified atom stereocenters. The maximum absolute atomic E-state index is 9.91. The van der Waals surface area contributed by atoms with E-state index in [1.165, 1.54) is 0 Å². The van der Waals surface area contributed by atoms with Gasteiger partial charge in [0, 0.05) is 11.8 Å². The van der Waals surface area contributed by atoms with E-state index in [2.05, 4.69) is 12.6 Å². The van der Waals surface area contributed by atoms with E-state index in [9.17, 15) is 9.90 Å². The molecule has 0 aromatic rings. The van der Waals surface area contributed by atoms with Crippen molar-refractivity contribution >= 4 is 17.7 Å². The molecule has 0 aliphatic heterocycles. The summed E-state index contributed by atoms with van der Waals surface area (Å²) in [6.07, 6.45) is 1.09. The second kappa shape index (κ2) is 9.02. The van der Waals surface area contributed by atoms with Gasteiger partial charge in [-0.05, 0) is 12.3 Å². The molecule has 0 aromatic heterocycles. The van der Waals surface area contributed by atoms with Crippen molar-refractivity contribution in [2.24, 2.45) is 11.3 Å². The van der Waals surface area contributed by atoms with Gasteiger partial charge in [-0.25, -0.2) is 0 Å². The third-order valence-corrected chi connectivity index (χ3v) is 2.53. The van der Waals surface area contributed by atoms with Gasteiger partial charge in [-0.15, -0.1) is 12.6 Å². The standard InChI is InChI=1S/C8H18O2.C4H8OS/c1-6(2)7(10)8(3,4)5-9;1-2-3-4(5)6/h6-7,9-10H,5H2,1-4H3;2-3H2,1H3,(H,5,6). The van der Waals surface area contributed by atoms with E-state index >= 15 is 0 Å². The van der Waals surface area contributed by atoms with Crippen LogP contribution >= 0.6 is 12.6 Å². The van der Waals surface area contributed by atoms with Crippen LogP contribution in [0, 0.1) is 11.3 Å². The number of aliphatic hydroxyl groups is 2. The molecule has 0 aromatic carbocycles. The lowest BCUT2D eigenvalue weighted by Crippen LogP contribution is -2.36. The minimum atomic E-state index is -0.419. The van der Waals surface area contributed by atoms with Crippen molar-refractivity contribution in [3.8, 4) is 0 Å². The van der Waals surface area contributed by atoms with Crippen molar-refractivity contribution < 1.29 is 15.0 Å². The zero-order chi connectivity index (χ0) is 13.4. The molecule has 98 valence electrons. The fraction of sp³-hybridized carbons (Fsp3) is 0.917. The first-order valence-corrected chi connectivity index (χ1v) is 6.14. The fourth-order valence-electron chi connectivity index (χ4n) is 1.21. The summed E-state index contributed by atoms with van der Waals surface area (Å²) in [5, 5.41) is 18.3. The van der Waals surface area contributed by atoms with Gasteiger partial charge in [-0.3, -0.25) is 4.79 Å². The Morgan fingerprint density at radius 1 is 1.38 bits per heavy atom. The average molecular weight is 250 g/mol. The van der Waals surface area contributed by atoms with Gasteiger partial charge in [0.05, 0.1) is 12.7 Å². The summed E-state index contributed by atoms with van der Waals surface area (Å²) in [6, 6.07) is 0. The number of carbonyl (C=O) groups is 1. The van der Waals surface area contributed by atoms with Gasteiger partial charge in [0.1, 0.15) is 0 Å². The van der Waals surface area contributed by atoms with Crippen LogP contribution in [0.1, 0.15) is 47.5 Å². The van der Waals surface area contributed by atoms with Gasteiger partial charge >= 0.3 is 0 Å². The monoisotopic (exact) mass is 250 g/mol. The highest BCUT2D eigenvalue weighted by Gasteiger charge is 2.28. The summed E-state index contributed by atoms with van der Waals surface area (Å²) in [4.78, 5) is 9.91. The number of thiol groups is 1. The molecule has 0 aliphatic carbocycles. The zero-order valence-electron chi connectivity index (χ0n) is 11.0. The van der Waals surface area contributed by atoms with Gasteiger partial charge in [-0.1, -0.05) is 34.6 Å². The topological polar surface area (TPSA) is 57.5 Å². The van der Waals surface area contributed by atoms with Crippen molar-refractivity contribution in [1.29, 1.82) is 0 Å². The van der Waals surface area contributed by atoms with Crippen molar-refractivity contribution in [3.63, 3.8) is 0 Å². The first-order chi connectivity index (χ1) is 7.18. The Balaban J connectivity index is 0. The normalized spacial score (nSPS) is 13.1. The van der Waals surface area contributed by atoms with Crippen molar-refractivity contribution in [3.05, 3.63) is 0 Å². The molecule has 0 rings (SSSR count). The smallest absolute Gasteiger partial charge is 0.185 e. The molecule has 0 bridgehead atoms. The predicted molar refractivity (Wildman–Crippen MR) is 70.6 cm³/mol. The Hall–Kier alpha value is -0.0600. The summed E-state index contributed by atoms with van der Waals surface area (Å²) in [5.74, 6) is 0.210. The lowest BCUT2D eigenvalue weighted by molar-refractivity contribution is -0.110. The molecule has 3 nitrogen and oxygen atoms in total. The van der Waals surface area contributed by atoms with Gasteiger partial charge in [0.25, 0.3) is 0 Å². The molecule has 0 amide bonds. The van der Waals surface area contributed by atoms with Crippen LogP contribution < -0.4 is 0 Å². The number of rotatable bonds is 5. The van der Waals surface area contributed by atoms with Crippen molar-refractivity contribution in [2.45, 2.75) is 53.6 Å². The Morgan fingerprint density at radius 2 is 1.81 bits per heavy atom. The third-order valence-electron chi connectivity index (χ3n) is 2.30. The van der Waals surface area contributed by atoms with E-state index in [4.69, 9.17) is 5.11 Å². The van der Waals surface area contributed by atoms with Gasteiger partial charge in [-0.2, -0.15) is 0 Å². The second-order valence-electron chi connectivity index (χ2n) is 4.98. The minimum Gasteiger partial charge on any atom is -0.396 e. The largest absolute Gasteiger partial charge is 0.396 e. The summed E-state index contributed by atoms with van der Waals surface area (Å²) in [6.45, 7) is 9.60. The molecule has 16 heavy (non-hydrogen) atoms. The molecule has 0 saturated heterocycles. The Labute approximate surface area is 105 Å². The molecule has 0 radical (unpaired) electrons. The first-order valence-electron chi connectivity index (χ1n) is 5.69. The maximum Gasteiger partial charge on any atom is 0.185 e. The molecule has 0 heterocycles. The number of aliphatic hydroxyl groups excluding tert-OH is 2. The van der Waals surface area contributed by atoms with Crippen LogP contribution in [0.3, 0.4) is 0 Å². The SMILES string of the molecule is CC(C)C(O)C(C)(C)CO.CCCC(=O)S. The van der Waals surface area contributed by atoms with Crippen LogP contribution in [0.4, 0.5) is 0 Å². The van der Waals surface area contributed by atoms with Gasteiger partial charge in [0.15, 0.2) is 5.12 Å². The molecule has 0 spiro atoms. The van der Waals surface area contributed by atoms with Gasteiger partial charge < -0.3 is 10.2 Å². The highest BCUT2D eigenvalue weighted by molar-refractivity contribution is 7.96. The van der Waals surface area contributed by atoms with E-state index in [0.29, 0.717) is 6.42 Å². The predicted octanol–water partition coefficient (Wildman–Crippen LogP) is 2.26. The summed E-state index contributed by atoms with van der Waals surface area (Å²) in [5.41, 5.74) is -0.367. The number of carbonyl (C=O) groups excluding carboxylic acids is 1. The minimum absolute atomic E-state index is 0.0162. The van der Waals surface area contributed by atoms with Crippen LogP contribution in [-0.4, -0.2) is 28.0 Å². The third kappa shape index (κ3) is 9.19. The number of hydrogen-bond acceptors (Lipinski definition) is 3. The van der Waals surface area contributed by atoms with Crippen molar-refractivity contribution in [1.82, 2.24) is 0 Å². The van der Waals surface area contributed by atoms with E-state index in [1.807, 2.05) is 34.6 Å². The van der Waals surface area contributed by atoms with E-state index < -0.39 is 6.10 Å². The van der Waals surface area contributed by atoms with Crippen LogP contribution in [0.15, 0.2) is 0 Å². The van der Waals surface area contributed by atoms with Crippen LogP contribution in [0.2, 0.25) is 0 Å². The lowest BCUT2D eigenvalue weighted by atomic mass is 9.82. The highest BCUT2D eigenvalue weighted by Crippen LogP contribution is 2.24. The average Bonchev–Trinajstić information content (AvgIpc) is 2.17. The molecule has 0 aliphatic rings. The van der Waals surface area contributed by atoms with Crippen LogP contribution in [0.25, 0.3) is 0 Å². The van der Waals surface area contributed by atoms with Crippen LogP contribution in [0.5, 0.6) is 0 Å². The van der Waals surface area contributed by atoms with Crippen molar-refractivity contribution in [2.75, 3.05) is 6.61 Å². The van der Waals surface area contributed by atoms with E-state index in [1.54, 1.807) is 0 Å². The molecule has 1 atom stereocenters. The summed E-state index contributed by atoms with van der Waals surface area (Å²) in [7, 11) is 0. The first kappa shape index (κ1) is 18.3. The fourth-order valence-corrected chi connectivity index (χ4v) is 1.43. The molecular formula is C12H26O3S.